The van der Waals surface area contributed by atoms with E-state index in [1.54, 1.807) is 13.8 Å². The Hall–Kier alpha value is -2.27. The highest BCUT2D eigenvalue weighted by Crippen LogP contribution is 2.35. The number of carbonyl (C=O) groups is 1. The normalized spacial score (nSPS) is 10.8. The Balaban J connectivity index is 2.38. The molecule has 0 saturated carbocycles. The number of phenolic OH excluding ortho intramolecular Hbond substituents is 2. The van der Waals surface area contributed by atoms with Crippen LogP contribution in [-0.2, 0) is 6.61 Å². The summed E-state index contributed by atoms with van der Waals surface area (Å²) < 4.78 is 19.2. The molecule has 2 rings (SSSR count). The fourth-order valence-corrected chi connectivity index (χ4v) is 2.27. The lowest BCUT2D eigenvalue weighted by Crippen LogP contribution is -2.11. The molecule has 0 aliphatic rings. The van der Waals surface area contributed by atoms with Crippen LogP contribution >= 0.6 is 11.6 Å². The highest BCUT2D eigenvalue weighted by molar-refractivity contribution is 6.31. The standard InChI is InChI=1S/C17H16ClFO4/c1-9(2)17(22)16-14(21)6-10(20)7-15(16)23-8-11-12(18)4-3-5-13(11)19/h3-7,9,20-21H,8H2,1-2H3. The number of phenols is 2. The molecule has 0 spiro atoms. The molecule has 6 heteroatoms. The van der Waals surface area contributed by atoms with E-state index in [2.05, 4.69) is 0 Å². The minimum atomic E-state index is -0.543. The maximum atomic E-state index is 13.8. The summed E-state index contributed by atoms with van der Waals surface area (Å²) in [6, 6.07) is 6.48. The summed E-state index contributed by atoms with van der Waals surface area (Å²) >= 11 is 5.93. The Morgan fingerprint density at radius 2 is 2.00 bits per heavy atom. The van der Waals surface area contributed by atoms with Crippen LogP contribution in [0.5, 0.6) is 17.2 Å². The smallest absolute Gasteiger partial charge is 0.172 e. The third-order valence-electron chi connectivity index (χ3n) is 3.27. The molecule has 122 valence electrons. The van der Waals surface area contributed by atoms with Gasteiger partial charge in [0.25, 0.3) is 0 Å². The molecule has 0 unspecified atom stereocenters. The minimum absolute atomic E-state index is 0.0273. The first-order valence-corrected chi connectivity index (χ1v) is 7.35. The summed E-state index contributed by atoms with van der Waals surface area (Å²) in [5.41, 5.74) is 0.0743. The Morgan fingerprint density at radius 1 is 1.30 bits per heavy atom. The number of ketones is 1. The monoisotopic (exact) mass is 338 g/mol. The molecule has 0 radical (unpaired) electrons. The fraction of sp³-hybridized carbons (Fsp3) is 0.235. The summed E-state index contributed by atoms with van der Waals surface area (Å²) in [4.78, 5) is 12.2. The molecule has 0 saturated heterocycles. The zero-order valence-electron chi connectivity index (χ0n) is 12.6. The SMILES string of the molecule is CC(C)C(=O)c1c(O)cc(O)cc1OCc1c(F)cccc1Cl. The van der Waals surface area contributed by atoms with Crippen LogP contribution < -0.4 is 4.74 Å². The first-order valence-electron chi connectivity index (χ1n) is 6.97. The molecule has 0 aromatic heterocycles. The van der Waals surface area contributed by atoms with Gasteiger partial charge in [0.1, 0.15) is 35.2 Å². The van der Waals surface area contributed by atoms with Gasteiger partial charge >= 0.3 is 0 Å². The van der Waals surface area contributed by atoms with Gasteiger partial charge in [-0.3, -0.25) is 4.79 Å². The van der Waals surface area contributed by atoms with Gasteiger partial charge in [0.05, 0.1) is 5.02 Å². The maximum Gasteiger partial charge on any atom is 0.172 e. The molecular weight excluding hydrogens is 323 g/mol. The van der Waals surface area contributed by atoms with Gasteiger partial charge in [-0.2, -0.15) is 0 Å². The highest BCUT2D eigenvalue weighted by Gasteiger charge is 2.22. The van der Waals surface area contributed by atoms with Crippen molar-refractivity contribution < 1.29 is 24.1 Å². The van der Waals surface area contributed by atoms with E-state index in [-0.39, 0.29) is 46.0 Å². The minimum Gasteiger partial charge on any atom is -0.508 e. The van der Waals surface area contributed by atoms with E-state index < -0.39 is 11.6 Å². The summed E-state index contributed by atoms with van der Waals surface area (Å²) in [5, 5.41) is 19.7. The van der Waals surface area contributed by atoms with E-state index in [0.717, 1.165) is 6.07 Å². The van der Waals surface area contributed by atoms with Crippen LogP contribution in [0, 0.1) is 11.7 Å². The second-order valence-corrected chi connectivity index (χ2v) is 5.75. The molecule has 2 aromatic rings. The van der Waals surface area contributed by atoms with Crippen molar-refractivity contribution >= 4 is 17.4 Å². The topological polar surface area (TPSA) is 66.8 Å². The van der Waals surface area contributed by atoms with E-state index in [1.165, 1.54) is 24.3 Å². The van der Waals surface area contributed by atoms with Crippen LogP contribution in [0.4, 0.5) is 4.39 Å². The van der Waals surface area contributed by atoms with Crippen molar-refractivity contribution in [3.63, 3.8) is 0 Å². The van der Waals surface area contributed by atoms with Crippen molar-refractivity contribution in [1.29, 1.82) is 0 Å². The number of carbonyl (C=O) groups excluding carboxylic acids is 1. The lowest BCUT2D eigenvalue weighted by atomic mass is 9.99. The molecule has 2 aromatic carbocycles. The van der Waals surface area contributed by atoms with Crippen LogP contribution in [0.2, 0.25) is 5.02 Å². The molecule has 0 heterocycles. The summed E-state index contributed by atoms with van der Waals surface area (Å²) in [6.07, 6.45) is 0. The molecule has 0 atom stereocenters. The number of rotatable bonds is 5. The molecule has 0 bridgehead atoms. The van der Waals surface area contributed by atoms with Crippen LogP contribution in [-0.4, -0.2) is 16.0 Å². The molecule has 0 aliphatic heterocycles. The number of ether oxygens (including phenoxy) is 1. The van der Waals surface area contributed by atoms with E-state index in [4.69, 9.17) is 16.3 Å². The summed E-state index contributed by atoms with van der Waals surface area (Å²) in [6.45, 7) is 3.10. The predicted molar refractivity (Wildman–Crippen MR) is 84.7 cm³/mol. The highest BCUT2D eigenvalue weighted by atomic mass is 35.5. The number of hydrogen-bond acceptors (Lipinski definition) is 4. The number of benzene rings is 2. The van der Waals surface area contributed by atoms with Gasteiger partial charge in [0.15, 0.2) is 5.78 Å². The number of halogens is 2. The second kappa shape index (κ2) is 6.87. The van der Waals surface area contributed by atoms with E-state index in [1.807, 2.05) is 0 Å². The average molecular weight is 339 g/mol. The fourth-order valence-electron chi connectivity index (χ4n) is 2.06. The van der Waals surface area contributed by atoms with Crippen molar-refractivity contribution in [3.05, 3.63) is 52.3 Å². The summed E-state index contributed by atoms with van der Waals surface area (Å²) in [7, 11) is 0. The van der Waals surface area contributed by atoms with E-state index in [0.29, 0.717) is 0 Å². The van der Waals surface area contributed by atoms with Crippen molar-refractivity contribution in [3.8, 4) is 17.2 Å². The zero-order chi connectivity index (χ0) is 17.1. The third-order valence-corrected chi connectivity index (χ3v) is 3.62. The van der Waals surface area contributed by atoms with Crippen molar-refractivity contribution in [2.75, 3.05) is 0 Å². The molecule has 0 aliphatic carbocycles. The van der Waals surface area contributed by atoms with E-state index >= 15 is 0 Å². The van der Waals surface area contributed by atoms with Crippen molar-refractivity contribution in [2.24, 2.45) is 5.92 Å². The van der Waals surface area contributed by atoms with Gasteiger partial charge in [0.2, 0.25) is 0 Å². The Morgan fingerprint density at radius 3 is 2.61 bits per heavy atom. The first kappa shape index (κ1) is 17.1. The van der Waals surface area contributed by atoms with Crippen molar-refractivity contribution in [1.82, 2.24) is 0 Å². The van der Waals surface area contributed by atoms with Crippen molar-refractivity contribution in [2.45, 2.75) is 20.5 Å². The Bertz CT molecular complexity index is 723. The number of Topliss-reactive ketones (excluding diaryl/α,β-unsaturated/α-hetero) is 1. The van der Waals surface area contributed by atoms with E-state index in [9.17, 15) is 19.4 Å². The van der Waals surface area contributed by atoms with Gasteiger partial charge in [-0.05, 0) is 12.1 Å². The first-order chi connectivity index (χ1) is 10.8. The second-order valence-electron chi connectivity index (χ2n) is 5.35. The van der Waals surface area contributed by atoms with Crippen LogP contribution in [0.3, 0.4) is 0 Å². The molecule has 4 nitrogen and oxygen atoms in total. The Labute approximate surface area is 138 Å². The zero-order valence-corrected chi connectivity index (χ0v) is 13.4. The van der Waals surface area contributed by atoms with Gasteiger partial charge in [-0.15, -0.1) is 0 Å². The quantitative estimate of drug-likeness (QED) is 0.797. The maximum absolute atomic E-state index is 13.8. The van der Waals surface area contributed by atoms with Crippen LogP contribution in [0.15, 0.2) is 30.3 Å². The van der Waals surface area contributed by atoms with Crippen LogP contribution in [0.1, 0.15) is 29.8 Å². The Kier molecular flexibility index (Phi) is 5.11. The summed E-state index contributed by atoms with van der Waals surface area (Å²) in [5.74, 6) is -1.96. The molecule has 0 amide bonds. The lowest BCUT2D eigenvalue weighted by Gasteiger charge is -2.15. The molecular formula is C17H16ClFO4. The van der Waals surface area contributed by atoms with Gasteiger partial charge in [-0.25, -0.2) is 4.39 Å². The molecule has 2 N–H and O–H groups in total. The predicted octanol–water partition coefficient (Wildman–Crippen LogP) is 4.31. The number of hydrogen-bond donors (Lipinski definition) is 2. The third kappa shape index (κ3) is 3.74. The number of aromatic hydroxyl groups is 2. The van der Waals surface area contributed by atoms with Gasteiger partial charge in [0, 0.05) is 23.6 Å². The molecule has 23 heavy (non-hydrogen) atoms. The van der Waals surface area contributed by atoms with Gasteiger partial charge < -0.3 is 14.9 Å². The molecule has 0 fully saturated rings. The largest absolute Gasteiger partial charge is 0.508 e. The van der Waals surface area contributed by atoms with Crippen LogP contribution in [0.25, 0.3) is 0 Å². The van der Waals surface area contributed by atoms with Gasteiger partial charge in [-0.1, -0.05) is 31.5 Å². The average Bonchev–Trinajstić information content (AvgIpc) is 2.45. The lowest BCUT2D eigenvalue weighted by molar-refractivity contribution is 0.0931.